The van der Waals surface area contributed by atoms with E-state index < -0.39 is 0 Å². The van der Waals surface area contributed by atoms with E-state index in [2.05, 4.69) is 10.4 Å². The molecule has 0 aliphatic carbocycles. The van der Waals surface area contributed by atoms with Gasteiger partial charge in [-0.3, -0.25) is 14.8 Å². The maximum Gasteiger partial charge on any atom is 0.330 e. The van der Waals surface area contributed by atoms with Gasteiger partial charge >= 0.3 is 5.69 Å². The van der Waals surface area contributed by atoms with Crippen LogP contribution in [-0.2, 0) is 7.05 Å². The number of aromatic nitrogens is 2. The van der Waals surface area contributed by atoms with E-state index in [9.17, 15) is 10.1 Å². The summed E-state index contributed by atoms with van der Waals surface area (Å²) in [5, 5.41) is 18.1. The highest BCUT2D eigenvalue weighted by atomic mass is 16.6. The van der Waals surface area contributed by atoms with E-state index in [1.54, 1.807) is 7.05 Å². The first kappa shape index (κ1) is 9.91. The van der Waals surface area contributed by atoms with Crippen molar-refractivity contribution < 1.29 is 4.92 Å². The molecule has 1 N–H and O–H groups in total. The fourth-order valence-electron chi connectivity index (χ4n) is 1.69. The highest BCUT2D eigenvalue weighted by Gasteiger charge is 2.24. The minimum atomic E-state index is -0.385. The summed E-state index contributed by atoms with van der Waals surface area (Å²) in [5.74, 6) is 0.476. The molecule has 1 saturated heterocycles. The van der Waals surface area contributed by atoms with Gasteiger partial charge in [0.15, 0.2) is 0 Å². The number of rotatable bonds is 2. The van der Waals surface area contributed by atoms with Crippen LogP contribution in [0.1, 0.15) is 0 Å². The molecule has 0 saturated carbocycles. The second-order valence-corrected chi connectivity index (χ2v) is 3.51. The SMILES string of the molecule is Cn1cc([N+](=O)[O-])c(N2CCNCC2)n1. The summed E-state index contributed by atoms with van der Waals surface area (Å²) in [6.07, 6.45) is 1.44. The van der Waals surface area contributed by atoms with Gasteiger partial charge in [0.25, 0.3) is 0 Å². The van der Waals surface area contributed by atoms with Crippen molar-refractivity contribution >= 4 is 11.5 Å². The average molecular weight is 211 g/mol. The normalized spacial score (nSPS) is 16.7. The van der Waals surface area contributed by atoms with Crippen LogP contribution in [0.25, 0.3) is 0 Å². The Hall–Kier alpha value is -1.63. The summed E-state index contributed by atoms with van der Waals surface area (Å²) < 4.78 is 1.48. The molecule has 1 aromatic heterocycles. The molecular weight excluding hydrogens is 198 g/mol. The zero-order valence-electron chi connectivity index (χ0n) is 8.51. The Morgan fingerprint density at radius 2 is 2.20 bits per heavy atom. The third-order valence-electron chi connectivity index (χ3n) is 2.40. The van der Waals surface area contributed by atoms with Crippen LogP contribution in [0.5, 0.6) is 0 Å². The molecule has 1 aromatic rings. The first-order chi connectivity index (χ1) is 7.18. The van der Waals surface area contributed by atoms with Gasteiger partial charge in [-0.2, -0.15) is 0 Å². The summed E-state index contributed by atoms with van der Waals surface area (Å²) in [5.41, 5.74) is 0.0828. The topological polar surface area (TPSA) is 76.2 Å². The Morgan fingerprint density at radius 1 is 1.53 bits per heavy atom. The van der Waals surface area contributed by atoms with Crippen molar-refractivity contribution in [3.8, 4) is 0 Å². The van der Waals surface area contributed by atoms with Crippen LogP contribution in [0.15, 0.2) is 6.20 Å². The smallest absolute Gasteiger partial charge is 0.330 e. The minimum absolute atomic E-state index is 0.0828. The highest BCUT2D eigenvalue weighted by molar-refractivity contribution is 5.57. The maximum absolute atomic E-state index is 10.8. The van der Waals surface area contributed by atoms with Crippen LogP contribution in [-0.4, -0.2) is 40.9 Å². The molecule has 0 amide bonds. The molecule has 0 radical (unpaired) electrons. The lowest BCUT2D eigenvalue weighted by Gasteiger charge is -2.26. The van der Waals surface area contributed by atoms with Gasteiger partial charge in [0.1, 0.15) is 6.20 Å². The molecule has 1 aliphatic rings. The Morgan fingerprint density at radius 3 is 2.80 bits per heavy atom. The Kier molecular flexibility index (Phi) is 2.55. The molecule has 0 bridgehead atoms. The Balaban J connectivity index is 2.28. The van der Waals surface area contributed by atoms with Crippen molar-refractivity contribution in [2.45, 2.75) is 0 Å². The molecule has 82 valence electrons. The highest BCUT2D eigenvalue weighted by Crippen LogP contribution is 2.25. The first-order valence-corrected chi connectivity index (χ1v) is 4.82. The number of hydrogen-bond donors (Lipinski definition) is 1. The van der Waals surface area contributed by atoms with E-state index >= 15 is 0 Å². The number of hydrogen-bond acceptors (Lipinski definition) is 5. The molecule has 2 rings (SSSR count). The number of piperazine rings is 1. The van der Waals surface area contributed by atoms with E-state index in [0.717, 1.165) is 26.2 Å². The summed E-state index contributed by atoms with van der Waals surface area (Å²) in [4.78, 5) is 12.3. The van der Waals surface area contributed by atoms with Crippen LogP contribution >= 0.6 is 0 Å². The third kappa shape index (κ3) is 1.91. The van der Waals surface area contributed by atoms with Crippen LogP contribution < -0.4 is 10.2 Å². The predicted molar refractivity (Wildman–Crippen MR) is 54.9 cm³/mol. The van der Waals surface area contributed by atoms with E-state index in [1.807, 2.05) is 4.90 Å². The molecule has 7 heteroatoms. The summed E-state index contributed by atoms with van der Waals surface area (Å²) in [6, 6.07) is 0. The van der Waals surface area contributed by atoms with E-state index in [-0.39, 0.29) is 10.6 Å². The van der Waals surface area contributed by atoms with Crippen LogP contribution in [0.2, 0.25) is 0 Å². The van der Waals surface area contributed by atoms with Gasteiger partial charge in [-0.1, -0.05) is 0 Å². The molecule has 7 nitrogen and oxygen atoms in total. The van der Waals surface area contributed by atoms with Gasteiger partial charge in [-0.05, 0) is 0 Å². The van der Waals surface area contributed by atoms with E-state index in [1.165, 1.54) is 10.9 Å². The zero-order chi connectivity index (χ0) is 10.8. The largest absolute Gasteiger partial charge is 0.347 e. The number of nitrogens with one attached hydrogen (secondary N) is 1. The molecule has 0 unspecified atom stereocenters. The molecule has 0 aromatic carbocycles. The van der Waals surface area contributed by atoms with Gasteiger partial charge in [0.2, 0.25) is 5.82 Å². The zero-order valence-corrected chi connectivity index (χ0v) is 8.51. The monoisotopic (exact) mass is 211 g/mol. The Bertz CT molecular complexity index is 369. The number of nitro groups is 1. The maximum atomic E-state index is 10.8. The van der Waals surface area contributed by atoms with Crippen molar-refractivity contribution in [2.75, 3.05) is 31.1 Å². The number of nitrogens with zero attached hydrogens (tertiary/aromatic N) is 4. The Labute approximate surface area is 86.8 Å². The molecule has 1 fully saturated rings. The second kappa shape index (κ2) is 3.85. The van der Waals surface area contributed by atoms with Crippen molar-refractivity contribution in [3.05, 3.63) is 16.3 Å². The van der Waals surface area contributed by atoms with E-state index in [4.69, 9.17) is 0 Å². The fourth-order valence-corrected chi connectivity index (χ4v) is 1.69. The summed E-state index contributed by atoms with van der Waals surface area (Å²) in [7, 11) is 1.69. The lowest BCUT2D eigenvalue weighted by Crippen LogP contribution is -2.43. The van der Waals surface area contributed by atoms with Gasteiger partial charge in [-0.15, -0.1) is 5.10 Å². The lowest BCUT2D eigenvalue weighted by molar-refractivity contribution is -0.384. The molecule has 0 atom stereocenters. The molecule has 1 aliphatic heterocycles. The van der Waals surface area contributed by atoms with Gasteiger partial charge in [0, 0.05) is 33.2 Å². The summed E-state index contributed by atoms with van der Waals surface area (Å²) in [6.45, 7) is 3.21. The second-order valence-electron chi connectivity index (χ2n) is 3.51. The lowest BCUT2D eigenvalue weighted by atomic mass is 10.3. The molecule has 2 heterocycles. The average Bonchev–Trinajstić information content (AvgIpc) is 2.62. The minimum Gasteiger partial charge on any atom is -0.347 e. The van der Waals surface area contributed by atoms with Crippen molar-refractivity contribution in [1.29, 1.82) is 0 Å². The van der Waals surface area contributed by atoms with Gasteiger partial charge in [-0.25, -0.2) is 0 Å². The predicted octanol–water partition coefficient (Wildman–Crippen LogP) is -0.262. The number of aryl methyl sites for hydroxylation is 1. The first-order valence-electron chi connectivity index (χ1n) is 4.82. The number of anilines is 1. The standard InChI is InChI=1S/C8H13N5O2/c1-11-6-7(13(14)15)8(10-11)12-4-2-9-3-5-12/h6,9H,2-5H2,1H3. The third-order valence-corrected chi connectivity index (χ3v) is 2.40. The van der Waals surface area contributed by atoms with Gasteiger partial charge < -0.3 is 10.2 Å². The van der Waals surface area contributed by atoms with Crippen molar-refractivity contribution in [1.82, 2.24) is 15.1 Å². The van der Waals surface area contributed by atoms with Crippen LogP contribution in [0.3, 0.4) is 0 Å². The summed E-state index contributed by atoms with van der Waals surface area (Å²) >= 11 is 0. The van der Waals surface area contributed by atoms with Crippen molar-refractivity contribution in [3.63, 3.8) is 0 Å². The van der Waals surface area contributed by atoms with Gasteiger partial charge in [0.05, 0.1) is 4.92 Å². The van der Waals surface area contributed by atoms with Crippen LogP contribution in [0.4, 0.5) is 11.5 Å². The molecule has 0 spiro atoms. The fraction of sp³-hybridized carbons (Fsp3) is 0.625. The van der Waals surface area contributed by atoms with Crippen LogP contribution in [0, 0.1) is 10.1 Å². The quantitative estimate of drug-likeness (QED) is 0.538. The van der Waals surface area contributed by atoms with Crippen molar-refractivity contribution in [2.24, 2.45) is 7.05 Å². The van der Waals surface area contributed by atoms with E-state index in [0.29, 0.717) is 5.82 Å². The molecular formula is C8H13N5O2. The molecule has 15 heavy (non-hydrogen) atoms.